The summed E-state index contributed by atoms with van der Waals surface area (Å²) in [6, 6.07) is 1.33. The first-order chi connectivity index (χ1) is 11.7. The van der Waals surface area contributed by atoms with Crippen LogP contribution in [0.15, 0.2) is 23.0 Å². The molecule has 2 aliphatic rings. The fourth-order valence-corrected chi connectivity index (χ4v) is 2.70. The van der Waals surface area contributed by atoms with Gasteiger partial charge in [-0.25, -0.2) is 15.4 Å². The molecule has 0 radical (unpaired) electrons. The van der Waals surface area contributed by atoms with Crippen LogP contribution in [0.3, 0.4) is 0 Å². The van der Waals surface area contributed by atoms with E-state index in [0.29, 0.717) is 43.5 Å². The van der Waals surface area contributed by atoms with Crippen LogP contribution < -0.4 is 10.9 Å². The van der Waals surface area contributed by atoms with Crippen molar-refractivity contribution in [1.82, 2.24) is 35.9 Å². The van der Waals surface area contributed by atoms with Crippen LogP contribution in [0.25, 0.3) is 11.6 Å². The molecule has 0 spiro atoms. The van der Waals surface area contributed by atoms with Gasteiger partial charge >= 0.3 is 0 Å². The molecule has 0 saturated carbocycles. The van der Waals surface area contributed by atoms with Gasteiger partial charge < -0.3 is 9.42 Å². The van der Waals surface area contributed by atoms with Crippen LogP contribution >= 0.6 is 0 Å². The molecule has 2 aromatic rings. The zero-order valence-corrected chi connectivity index (χ0v) is 12.7. The molecule has 0 bridgehead atoms. The minimum atomic E-state index is -0.375. The van der Waals surface area contributed by atoms with Gasteiger partial charge in [0.2, 0.25) is 29.4 Å². The van der Waals surface area contributed by atoms with Crippen molar-refractivity contribution >= 4 is 11.8 Å². The number of likely N-dealkylation sites (tertiary alicyclic amines) is 1. The quantitative estimate of drug-likeness (QED) is 0.752. The zero-order valence-electron chi connectivity index (χ0n) is 12.7. The van der Waals surface area contributed by atoms with Crippen molar-refractivity contribution < 1.29 is 14.1 Å². The fraction of sp³-hybridized carbons (Fsp3) is 0.429. The highest BCUT2D eigenvalue weighted by atomic mass is 16.5. The summed E-state index contributed by atoms with van der Waals surface area (Å²) >= 11 is 0. The molecule has 2 aliphatic heterocycles. The maximum Gasteiger partial charge on any atom is 0.241 e. The summed E-state index contributed by atoms with van der Waals surface area (Å²) < 4.78 is 5.26. The van der Waals surface area contributed by atoms with E-state index in [0.717, 1.165) is 0 Å². The van der Waals surface area contributed by atoms with Crippen molar-refractivity contribution in [3.05, 3.63) is 24.4 Å². The number of amides is 2. The average molecular weight is 329 g/mol. The Morgan fingerprint density at radius 3 is 2.75 bits per heavy atom. The van der Waals surface area contributed by atoms with Gasteiger partial charge in [-0.3, -0.25) is 15.0 Å². The van der Waals surface area contributed by atoms with E-state index < -0.39 is 0 Å². The molecule has 2 aromatic heterocycles. The first-order valence-corrected chi connectivity index (χ1v) is 7.65. The number of hydrogen-bond acceptors (Lipinski definition) is 8. The molecule has 2 fully saturated rings. The largest absolute Gasteiger partial charge is 0.340 e. The molecule has 1 unspecified atom stereocenters. The molecule has 2 amide bonds. The maximum absolute atomic E-state index is 12.3. The number of rotatable bonds is 3. The Hall–Kier alpha value is -2.88. The van der Waals surface area contributed by atoms with Gasteiger partial charge in [0.25, 0.3) is 0 Å². The number of nitrogens with one attached hydrogen (secondary N) is 2. The van der Waals surface area contributed by atoms with E-state index >= 15 is 0 Å². The molecule has 2 N–H and O–H groups in total. The third-order valence-electron chi connectivity index (χ3n) is 4.09. The van der Waals surface area contributed by atoms with Gasteiger partial charge in [-0.15, -0.1) is 0 Å². The summed E-state index contributed by atoms with van der Waals surface area (Å²) in [5.74, 6) is 1.11. The molecule has 2 saturated heterocycles. The lowest BCUT2D eigenvalue weighted by molar-refractivity contribution is -0.140. The summed E-state index contributed by atoms with van der Waals surface area (Å²) in [5, 5.41) is 3.88. The van der Waals surface area contributed by atoms with Gasteiger partial charge in [0.1, 0.15) is 6.04 Å². The van der Waals surface area contributed by atoms with Crippen LogP contribution in [0.4, 0.5) is 0 Å². The number of nitrogens with zero attached hydrogens (tertiary/aromatic N) is 5. The summed E-state index contributed by atoms with van der Waals surface area (Å²) in [7, 11) is 0. The molecular formula is C14H15N7O3. The van der Waals surface area contributed by atoms with Gasteiger partial charge in [-0.1, -0.05) is 5.16 Å². The third kappa shape index (κ3) is 2.71. The van der Waals surface area contributed by atoms with Crippen molar-refractivity contribution in [2.75, 3.05) is 13.1 Å². The van der Waals surface area contributed by atoms with Crippen LogP contribution in [-0.2, 0) is 9.59 Å². The van der Waals surface area contributed by atoms with Gasteiger partial charge in [-0.2, -0.15) is 4.98 Å². The van der Waals surface area contributed by atoms with Crippen LogP contribution in [0.2, 0.25) is 0 Å². The number of hydrazine groups is 1. The van der Waals surface area contributed by atoms with Gasteiger partial charge in [0, 0.05) is 31.9 Å². The molecule has 4 heterocycles. The summed E-state index contributed by atoms with van der Waals surface area (Å²) in [6.07, 6.45) is 4.07. The lowest BCUT2D eigenvalue weighted by Gasteiger charge is -2.39. The average Bonchev–Trinajstić information content (AvgIpc) is 3.04. The molecule has 4 rings (SSSR count). The number of carbonyl (C=O) groups is 2. The lowest BCUT2D eigenvalue weighted by atomic mass is 9.97. The third-order valence-corrected chi connectivity index (χ3v) is 4.09. The number of carbonyl (C=O) groups excluding carboxylic acids is 2. The van der Waals surface area contributed by atoms with Crippen LogP contribution in [0.1, 0.15) is 24.7 Å². The minimum Gasteiger partial charge on any atom is -0.340 e. The molecular weight excluding hydrogens is 314 g/mol. The number of aromatic nitrogens is 4. The Morgan fingerprint density at radius 1 is 1.25 bits per heavy atom. The van der Waals surface area contributed by atoms with E-state index in [2.05, 4.69) is 31.0 Å². The zero-order chi connectivity index (χ0) is 16.5. The van der Waals surface area contributed by atoms with Gasteiger partial charge in [0.05, 0.1) is 5.92 Å². The monoisotopic (exact) mass is 329 g/mol. The second-order valence-corrected chi connectivity index (χ2v) is 5.75. The maximum atomic E-state index is 12.3. The highest BCUT2D eigenvalue weighted by Crippen LogP contribution is 2.27. The Balaban J connectivity index is 1.35. The Kier molecular flexibility index (Phi) is 3.65. The highest BCUT2D eigenvalue weighted by Gasteiger charge is 2.39. The van der Waals surface area contributed by atoms with Crippen molar-refractivity contribution in [3.8, 4) is 11.6 Å². The minimum absolute atomic E-state index is 0.0112. The second-order valence-electron chi connectivity index (χ2n) is 5.75. The van der Waals surface area contributed by atoms with Crippen LogP contribution in [-0.4, -0.2) is 56.0 Å². The SMILES string of the molecule is O=C1CCC(C(=O)N2CC(c3nc(-c4ncccn4)no3)C2)NN1. The fourth-order valence-electron chi connectivity index (χ4n) is 2.70. The van der Waals surface area contributed by atoms with E-state index in [1.54, 1.807) is 23.4 Å². The summed E-state index contributed by atoms with van der Waals surface area (Å²) in [4.78, 5) is 37.6. The normalized spacial score (nSPS) is 21.2. The molecule has 24 heavy (non-hydrogen) atoms. The molecule has 124 valence electrons. The Bertz CT molecular complexity index is 747. The van der Waals surface area contributed by atoms with E-state index in [4.69, 9.17) is 4.52 Å². The topological polar surface area (TPSA) is 126 Å². The predicted molar refractivity (Wildman–Crippen MR) is 78.9 cm³/mol. The highest BCUT2D eigenvalue weighted by molar-refractivity contribution is 5.86. The standard InChI is InChI=1S/C14H15N7O3/c22-10-3-2-9(18-19-10)14(23)21-6-8(7-21)13-17-12(20-24-13)11-15-4-1-5-16-11/h1,4-5,8-9,18H,2-3,6-7H2,(H,19,22). The first-order valence-electron chi connectivity index (χ1n) is 7.65. The lowest BCUT2D eigenvalue weighted by Crippen LogP contribution is -2.60. The molecule has 1 atom stereocenters. The molecule has 10 nitrogen and oxygen atoms in total. The Labute approximate surface area is 136 Å². The second kappa shape index (κ2) is 5.96. The predicted octanol–water partition coefficient (Wildman–Crippen LogP) is -0.764. The molecule has 0 aliphatic carbocycles. The first kappa shape index (κ1) is 14.7. The number of hydrogen-bond donors (Lipinski definition) is 2. The van der Waals surface area contributed by atoms with E-state index in [-0.39, 0.29) is 23.8 Å². The smallest absolute Gasteiger partial charge is 0.241 e. The molecule has 0 aromatic carbocycles. The van der Waals surface area contributed by atoms with E-state index in [1.165, 1.54) is 0 Å². The van der Waals surface area contributed by atoms with E-state index in [1.807, 2.05) is 0 Å². The van der Waals surface area contributed by atoms with Crippen molar-refractivity contribution in [2.45, 2.75) is 24.8 Å². The van der Waals surface area contributed by atoms with E-state index in [9.17, 15) is 9.59 Å². The van der Waals surface area contributed by atoms with Crippen molar-refractivity contribution in [2.24, 2.45) is 0 Å². The van der Waals surface area contributed by atoms with Crippen molar-refractivity contribution in [1.29, 1.82) is 0 Å². The summed E-state index contributed by atoms with van der Waals surface area (Å²) in [6.45, 7) is 1.03. The summed E-state index contributed by atoms with van der Waals surface area (Å²) in [5.41, 5.74) is 5.23. The molecule has 10 heteroatoms. The van der Waals surface area contributed by atoms with Gasteiger partial charge in [-0.05, 0) is 12.5 Å². The van der Waals surface area contributed by atoms with Crippen LogP contribution in [0.5, 0.6) is 0 Å². The van der Waals surface area contributed by atoms with Crippen LogP contribution in [0, 0.1) is 0 Å². The van der Waals surface area contributed by atoms with Crippen molar-refractivity contribution in [3.63, 3.8) is 0 Å². The Morgan fingerprint density at radius 2 is 2.04 bits per heavy atom. The van der Waals surface area contributed by atoms with Gasteiger partial charge in [0.15, 0.2) is 0 Å².